The number of rotatable bonds is 7. The molecule has 9 nitrogen and oxygen atoms in total. The van der Waals surface area contributed by atoms with Crippen molar-refractivity contribution in [2.75, 3.05) is 53.6 Å². The van der Waals surface area contributed by atoms with Crippen LogP contribution in [0.5, 0.6) is 0 Å². The van der Waals surface area contributed by atoms with Crippen molar-refractivity contribution in [3.63, 3.8) is 0 Å². The summed E-state index contributed by atoms with van der Waals surface area (Å²) in [6.07, 6.45) is 0. The van der Waals surface area contributed by atoms with Crippen LogP contribution in [0.25, 0.3) is 0 Å². The minimum atomic E-state index is -0.697. The van der Waals surface area contributed by atoms with Crippen LogP contribution in [0.4, 0.5) is 0 Å². The normalized spacial score (nSPS) is 23.3. The second-order valence-electron chi connectivity index (χ2n) is 8.12. The predicted octanol–water partition coefficient (Wildman–Crippen LogP) is 0.282. The van der Waals surface area contributed by atoms with Crippen LogP contribution in [0.15, 0.2) is 0 Å². The number of likely N-dealkylation sites (tertiary alicyclic amines) is 1. The van der Waals surface area contributed by atoms with E-state index in [-0.39, 0.29) is 30.1 Å². The number of likely N-dealkylation sites (N-methyl/N-ethyl adjacent to an activating group) is 1. The molecule has 160 valence electrons. The molecule has 3 heterocycles. The van der Waals surface area contributed by atoms with E-state index in [9.17, 15) is 14.4 Å². The van der Waals surface area contributed by atoms with Gasteiger partial charge in [0.2, 0.25) is 11.8 Å². The van der Waals surface area contributed by atoms with Crippen molar-refractivity contribution < 1.29 is 23.9 Å². The second kappa shape index (κ2) is 8.23. The highest BCUT2D eigenvalue weighted by atomic mass is 16.5. The average molecular weight is 406 g/mol. The number of aryl methyl sites for hydroxylation is 1. The molecule has 29 heavy (non-hydrogen) atoms. The van der Waals surface area contributed by atoms with E-state index in [2.05, 4.69) is 5.10 Å². The van der Waals surface area contributed by atoms with E-state index in [1.165, 1.54) is 6.92 Å². The zero-order valence-electron chi connectivity index (χ0n) is 17.9. The van der Waals surface area contributed by atoms with Crippen molar-refractivity contribution in [3.8, 4) is 0 Å². The molecule has 0 aliphatic carbocycles. The Labute approximate surface area is 170 Å². The van der Waals surface area contributed by atoms with Crippen molar-refractivity contribution in [1.82, 2.24) is 19.6 Å². The summed E-state index contributed by atoms with van der Waals surface area (Å²) >= 11 is 0. The summed E-state index contributed by atoms with van der Waals surface area (Å²) in [5.74, 6) is -0.184. The lowest BCUT2D eigenvalue weighted by Crippen LogP contribution is -2.48. The van der Waals surface area contributed by atoms with Gasteiger partial charge in [-0.2, -0.15) is 5.10 Å². The van der Waals surface area contributed by atoms with Gasteiger partial charge >= 0.3 is 0 Å². The quantitative estimate of drug-likeness (QED) is 0.604. The van der Waals surface area contributed by atoms with Crippen LogP contribution >= 0.6 is 0 Å². The molecular formula is C20H30N4O5. The smallest absolute Gasteiger partial charge is 0.244 e. The number of ketones is 1. The summed E-state index contributed by atoms with van der Waals surface area (Å²) in [4.78, 5) is 41.4. The van der Waals surface area contributed by atoms with Crippen LogP contribution in [0.2, 0.25) is 0 Å². The third-order valence-corrected chi connectivity index (χ3v) is 6.15. The van der Waals surface area contributed by atoms with E-state index < -0.39 is 5.41 Å². The predicted molar refractivity (Wildman–Crippen MR) is 105 cm³/mol. The molecule has 2 atom stereocenters. The lowest BCUT2D eigenvalue weighted by molar-refractivity contribution is -0.142. The van der Waals surface area contributed by atoms with Gasteiger partial charge in [0, 0.05) is 45.4 Å². The maximum atomic E-state index is 13.2. The first-order valence-electron chi connectivity index (χ1n) is 9.86. The number of carbonyl (C=O) groups is 3. The minimum absolute atomic E-state index is 0.00247. The van der Waals surface area contributed by atoms with Gasteiger partial charge in [0.1, 0.15) is 6.54 Å². The van der Waals surface area contributed by atoms with Crippen LogP contribution in [0, 0.1) is 25.2 Å². The SMILES string of the molecule is COCCN(C)C(=O)[C@@]12COC[C@@H]1CN(C(=O)Cn1nc(C)c(C(C)=O)c1C)C2. The maximum Gasteiger partial charge on any atom is 0.244 e. The number of nitrogens with zero attached hydrogens (tertiary/aromatic N) is 4. The number of amides is 2. The van der Waals surface area contributed by atoms with Gasteiger partial charge < -0.3 is 19.3 Å². The summed E-state index contributed by atoms with van der Waals surface area (Å²) in [6, 6.07) is 0. The lowest BCUT2D eigenvalue weighted by atomic mass is 9.79. The monoisotopic (exact) mass is 406 g/mol. The molecule has 0 bridgehead atoms. The van der Waals surface area contributed by atoms with Gasteiger partial charge in [-0.3, -0.25) is 19.1 Å². The molecule has 2 saturated heterocycles. The lowest BCUT2D eigenvalue weighted by Gasteiger charge is -2.31. The zero-order valence-corrected chi connectivity index (χ0v) is 17.9. The number of aromatic nitrogens is 2. The molecule has 2 aliphatic heterocycles. The Balaban J connectivity index is 1.73. The highest BCUT2D eigenvalue weighted by Crippen LogP contribution is 2.42. The number of carbonyl (C=O) groups excluding carboxylic acids is 3. The Morgan fingerprint density at radius 1 is 1.34 bits per heavy atom. The molecular weight excluding hydrogens is 376 g/mol. The Morgan fingerprint density at radius 3 is 2.69 bits per heavy atom. The van der Waals surface area contributed by atoms with Gasteiger partial charge in [-0.25, -0.2) is 0 Å². The number of Topliss-reactive ketones (excluding diaryl/α,β-unsaturated/α-hetero) is 1. The molecule has 0 radical (unpaired) electrons. The molecule has 2 amide bonds. The van der Waals surface area contributed by atoms with E-state index in [4.69, 9.17) is 9.47 Å². The third kappa shape index (κ3) is 3.81. The van der Waals surface area contributed by atoms with E-state index in [0.717, 1.165) is 0 Å². The molecule has 0 spiro atoms. The fourth-order valence-corrected chi connectivity index (χ4v) is 4.53. The molecule has 0 saturated carbocycles. The Kier molecular flexibility index (Phi) is 6.09. The van der Waals surface area contributed by atoms with Crippen LogP contribution in [0.1, 0.15) is 28.7 Å². The number of fused-ring (bicyclic) bond motifs is 1. The van der Waals surface area contributed by atoms with Crippen molar-refractivity contribution in [2.45, 2.75) is 27.3 Å². The van der Waals surface area contributed by atoms with Crippen LogP contribution in [-0.2, 0) is 25.6 Å². The maximum absolute atomic E-state index is 13.2. The highest BCUT2D eigenvalue weighted by molar-refractivity contribution is 5.96. The van der Waals surface area contributed by atoms with Gasteiger partial charge in [0.25, 0.3) is 0 Å². The van der Waals surface area contributed by atoms with Crippen molar-refractivity contribution in [1.29, 1.82) is 0 Å². The largest absolute Gasteiger partial charge is 0.383 e. The van der Waals surface area contributed by atoms with E-state index in [1.807, 2.05) is 0 Å². The fraction of sp³-hybridized carbons (Fsp3) is 0.700. The topological polar surface area (TPSA) is 94.0 Å². The molecule has 3 rings (SSSR count). The number of ether oxygens (including phenoxy) is 2. The molecule has 9 heteroatoms. The second-order valence-corrected chi connectivity index (χ2v) is 8.12. The first kappa shape index (κ1) is 21.4. The first-order valence-corrected chi connectivity index (χ1v) is 9.86. The number of hydrogen-bond acceptors (Lipinski definition) is 6. The van der Waals surface area contributed by atoms with Gasteiger partial charge in [0.15, 0.2) is 5.78 Å². The fourth-order valence-electron chi connectivity index (χ4n) is 4.53. The van der Waals surface area contributed by atoms with Gasteiger partial charge in [-0.1, -0.05) is 0 Å². The molecule has 2 aliphatic rings. The third-order valence-electron chi connectivity index (χ3n) is 6.15. The number of methoxy groups -OCH3 is 1. The minimum Gasteiger partial charge on any atom is -0.383 e. The summed E-state index contributed by atoms with van der Waals surface area (Å²) in [6.45, 7) is 7.71. The zero-order chi connectivity index (χ0) is 21.3. The summed E-state index contributed by atoms with van der Waals surface area (Å²) < 4.78 is 12.3. The Hall–Kier alpha value is -2.26. The highest BCUT2D eigenvalue weighted by Gasteiger charge is 2.57. The van der Waals surface area contributed by atoms with E-state index in [1.54, 1.807) is 42.5 Å². The van der Waals surface area contributed by atoms with Crippen LogP contribution < -0.4 is 0 Å². The molecule has 0 unspecified atom stereocenters. The molecule has 2 fully saturated rings. The summed E-state index contributed by atoms with van der Waals surface area (Å²) in [5, 5.41) is 4.36. The van der Waals surface area contributed by atoms with Crippen LogP contribution in [0.3, 0.4) is 0 Å². The van der Waals surface area contributed by atoms with Gasteiger partial charge in [-0.15, -0.1) is 0 Å². The van der Waals surface area contributed by atoms with Crippen molar-refractivity contribution in [2.24, 2.45) is 11.3 Å². The Morgan fingerprint density at radius 2 is 2.07 bits per heavy atom. The van der Waals surface area contributed by atoms with E-state index >= 15 is 0 Å². The summed E-state index contributed by atoms with van der Waals surface area (Å²) in [7, 11) is 3.36. The van der Waals surface area contributed by atoms with Gasteiger partial charge in [0.05, 0.1) is 36.5 Å². The summed E-state index contributed by atoms with van der Waals surface area (Å²) in [5.41, 5.74) is 1.19. The molecule has 1 aromatic heterocycles. The molecule has 1 aromatic rings. The number of hydrogen-bond donors (Lipinski definition) is 0. The van der Waals surface area contributed by atoms with Crippen LogP contribution in [-0.4, -0.2) is 90.8 Å². The molecule has 0 N–H and O–H groups in total. The van der Waals surface area contributed by atoms with Gasteiger partial charge in [-0.05, 0) is 20.8 Å². The molecule has 0 aromatic carbocycles. The standard InChI is InChI=1S/C20H30N4O5/c1-13-18(15(3)25)14(2)24(21-13)9-17(26)23-8-16-10-29-12-20(16,11-23)19(27)22(4)6-7-28-5/h16H,6-12H2,1-5H3/t16-,20-/m0/s1. The Bertz CT molecular complexity index is 820. The van der Waals surface area contributed by atoms with E-state index in [0.29, 0.717) is 56.4 Å². The van der Waals surface area contributed by atoms with Crippen molar-refractivity contribution in [3.05, 3.63) is 17.0 Å². The van der Waals surface area contributed by atoms with Crippen molar-refractivity contribution >= 4 is 17.6 Å². The average Bonchev–Trinajstić information content (AvgIpc) is 3.30. The first-order chi connectivity index (χ1) is 13.7.